The molecule has 2 aliphatic heterocycles. The second-order valence-electron chi connectivity index (χ2n) is 6.86. The van der Waals surface area contributed by atoms with Gasteiger partial charge in [-0.3, -0.25) is 9.59 Å². The number of carbonyl (C=O) groups excluding carboxylic acids is 2. The van der Waals surface area contributed by atoms with Crippen molar-refractivity contribution in [1.29, 1.82) is 0 Å². The highest BCUT2D eigenvalue weighted by atomic mass is 32.2. The lowest BCUT2D eigenvalue weighted by Crippen LogP contribution is -2.48. The third-order valence-corrected chi connectivity index (χ3v) is 7.43. The van der Waals surface area contributed by atoms with Crippen molar-refractivity contribution in [2.75, 3.05) is 25.3 Å². The highest BCUT2D eigenvalue weighted by Crippen LogP contribution is 2.47. The van der Waals surface area contributed by atoms with Crippen molar-refractivity contribution in [2.45, 2.75) is 30.7 Å². The van der Waals surface area contributed by atoms with E-state index in [0.717, 1.165) is 12.0 Å². The summed E-state index contributed by atoms with van der Waals surface area (Å²) in [6.45, 7) is 2.03. The SMILES string of the molecule is COc1ccc(OC)c(-c2csc(NC(=O)[C@@H]3CS[C@]4(C)CCC(=O)N34)n2)c1. The molecule has 2 saturated heterocycles. The monoisotopic (exact) mass is 419 g/mol. The van der Waals surface area contributed by atoms with Crippen LogP contribution in [0.5, 0.6) is 11.5 Å². The van der Waals surface area contributed by atoms with Crippen LogP contribution in [-0.2, 0) is 9.59 Å². The Morgan fingerprint density at radius 2 is 2.18 bits per heavy atom. The van der Waals surface area contributed by atoms with Crippen molar-refractivity contribution < 1.29 is 19.1 Å². The van der Waals surface area contributed by atoms with Gasteiger partial charge in [-0.2, -0.15) is 0 Å². The molecule has 2 amide bonds. The van der Waals surface area contributed by atoms with Crippen LogP contribution in [0.2, 0.25) is 0 Å². The number of fused-ring (bicyclic) bond motifs is 1. The second kappa shape index (κ2) is 7.29. The fourth-order valence-corrected chi connectivity index (χ4v) is 5.82. The molecule has 2 aliphatic rings. The van der Waals surface area contributed by atoms with Crippen molar-refractivity contribution >= 4 is 40.0 Å². The van der Waals surface area contributed by atoms with Gasteiger partial charge in [0.1, 0.15) is 17.5 Å². The quantitative estimate of drug-likeness (QED) is 0.802. The van der Waals surface area contributed by atoms with Gasteiger partial charge in [0.2, 0.25) is 11.8 Å². The minimum atomic E-state index is -0.455. The number of benzene rings is 1. The maximum Gasteiger partial charge on any atom is 0.249 e. The number of hydrogen-bond donors (Lipinski definition) is 1. The topological polar surface area (TPSA) is 80.8 Å². The Hall–Kier alpha value is -2.26. The summed E-state index contributed by atoms with van der Waals surface area (Å²) in [6, 6.07) is 5.03. The van der Waals surface area contributed by atoms with Gasteiger partial charge >= 0.3 is 0 Å². The molecule has 0 spiro atoms. The molecule has 0 aliphatic carbocycles. The van der Waals surface area contributed by atoms with Crippen LogP contribution >= 0.6 is 23.1 Å². The van der Waals surface area contributed by atoms with Crippen molar-refractivity contribution in [3.63, 3.8) is 0 Å². The molecule has 9 heteroatoms. The highest BCUT2D eigenvalue weighted by Gasteiger charge is 2.52. The molecule has 28 heavy (non-hydrogen) atoms. The van der Waals surface area contributed by atoms with Crippen LogP contribution in [0, 0.1) is 0 Å². The van der Waals surface area contributed by atoms with E-state index in [4.69, 9.17) is 9.47 Å². The number of carbonyl (C=O) groups is 2. The van der Waals surface area contributed by atoms with Crippen molar-refractivity contribution in [1.82, 2.24) is 9.88 Å². The van der Waals surface area contributed by atoms with Crippen LogP contribution in [0.4, 0.5) is 5.13 Å². The lowest BCUT2D eigenvalue weighted by Gasteiger charge is -2.29. The zero-order valence-corrected chi connectivity index (χ0v) is 17.5. The number of methoxy groups -OCH3 is 2. The number of hydrogen-bond acceptors (Lipinski definition) is 7. The van der Waals surface area contributed by atoms with Gasteiger partial charge in [0.05, 0.1) is 24.8 Å². The Morgan fingerprint density at radius 3 is 2.93 bits per heavy atom. The van der Waals surface area contributed by atoms with Crippen LogP contribution in [0.15, 0.2) is 23.6 Å². The molecule has 0 radical (unpaired) electrons. The number of nitrogens with one attached hydrogen (secondary N) is 1. The summed E-state index contributed by atoms with van der Waals surface area (Å²) in [5.74, 6) is 1.84. The molecule has 0 bridgehead atoms. The molecule has 1 aromatic heterocycles. The third kappa shape index (κ3) is 3.22. The van der Waals surface area contributed by atoms with E-state index in [1.54, 1.807) is 30.9 Å². The molecule has 1 N–H and O–H groups in total. The van der Waals surface area contributed by atoms with Gasteiger partial charge in [-0.1, -0.05) is 0 Å². The average Bonchev–Trinajstić information content (AvgIpc) is 3.37. The molecule has 2 atom stereocenters. The van der Waals surface area contributed by atoms with Gasteiger partial charge in [-0.05, 0) is 31.5 Å². The molecule has 0 unspecified atom stereocenters. The number of nitrogens with zero attached hydrogens (tertiary/aromatic N) is 2. The Kier molecular flexibility index (Phi) is 4.96. The van der Waals surface area contributed by atoms with Gasteiger partial charge in [0.25, 0.3) is 0 Å². The number of anilines is 1. The smallest absolute Gasteiger partial charge is 0.249 e. The third-order valence-electron chi connectivity index (χ3n) is 5.16. The Balaban J connectivity index is 1.53. The summed E-state index contributed by atoms with van der Waals surface area (Å²) in [7, 11) is 3.20. The Labute approximate surface area is 171 Å². The molecular weight excluding hydrogens is 398 g/mol. The van der Waals surface area contributed by atoms with E-state index in [-0.39, 0.29) is 16.7 Å². The zero-order chi connectivity index (χ0) is 19.9. The van der Waals surface area contributed by atoms with Gasteiger partial charge in [0, 0.05) is 23.1 Å². The minimum Gasteiger partial charge on any atom is -0.497 e. The molecule has 2 aromatic rings. The molecule has 0 saturated carbocycles. The van der Waals surface area contributed by atoms with E-state index in [2.05, 4.69) is 10.3 Å². The van der Waals surface area contributed by atoms with E-state index in [1.165, 1.54) is 11.3 Å². The number of amides is 2. The van der Waals surface area contributed by atoms with Crippen LogP contribution in [0.25, 0.3) is 11.3 Å². The molecule has 148 valence electrons. The first kappa shape index (κ1) is 19.1. The van der Waals surface area contributed by atoms with E-state index in [0.29, 0.717) is 34.5 Å². The molecule has 4 rings (SSSR count). The summed E-state index contributed by atoms with van der Waals surface area (Å²) in [4.78, 5) is 31.1. The highest BCUT2D eigenvalue weighted by molar-refractivity contribution is 8.01. The van der Waals surface area contributed by atoms with E-state index in [1.807, 2.05) is 30.5 Å². The van der Waals surface area contributed by atoms with Crippen molar-refractivity contribution in [3.8, 4) is 22.8 Å². The Morgan fingerprint density at radius 1 is 1.36 bits per heavy atom. The first-order valence-corrected chi connectivity index (χ1v) is 10.8. The van der Waals surface area contributed by atoms with Gasteiger partial charge in [-0.15, -0.1) is 23.1 Å². The largest absolute Gasteiger partial charge is 0.497 e. The first-order chi connectivity index (χ1) is 13.4. The van der Waals surface area contributed by atoms with Crippen LogP contribution in [-0.4, -0.2) is 52.6 Å². The summed E-state index contributed by atoms with van der Waals surface area (Å²) < 4.78 is 10.7. The number of thioether (sulfide) groups is 1. The Bertz CT molecular complexity index is 932. The molecular formula is C19H21N3O4S2. The van der Waals surface area contributed by atoms with Gasteiger partial charge < -0.3 is 19.7 Å². The fourth-order valence-electron chi connectivity index (χ4n) is 3.67. The van der Waals surface area contributed by atoms with Crippen molar-refractivity contribution in [2.24, 2.45) is 0 Å². The van der Waals surface area contributed by atoms with Gasteiger partial charge in [-0.25, -0.2) is 4.98 Å². The number of rotatable bonds is 5. The maximum absolute atomic E-state index is 12.8. The minimum absolute atomic E-state index is 0.0496. The fraction of sp³-hybridized carbons (Fsp3) is 0.421. The summed E-state index contributed by atoms with van der Waals surface area (Å²) >= 11 is 3.01. The number of aromatic nitrogens is 1. The standard InChI is InChI=1S/C19H21N3O4S2/c1-19-7-6-16(23)22(19)14(10-28-19)17(24)21-18-20-13(9-27-18)12-8-11(25-2)4-5-15(12)26-3/h4-5,8-9,14H,6-7,10H2,1-3H3,(H,20,21,24)/t14-,19+/m0/s1. The van der Waals surface area contributed by atoms with E-state index >= 15 is 0 Å². The average molecular weight is 420 g/mol. The predicted octanol–water partition coefficient (Wildman–Crippen LogP) is 3.22. The van der Waals surface area contributed by atoms with E-state index < -0.39 is 6.04 Å². The molecule has 7 nitrogen and oxygen atoms in total. The van der Waals surface area contributed by atoms with Gasteiger partial charge in [0.15, 0.2) is 5.13 Å². The number of thiazole rings is 1. The lowest BCUT2D eigenvalue weighted by atomic mass is 10.1. The molecule has 2 fully saturated rings. The second-order valence-corrected chi connectivity index (χ2v) is 9.22. The van der Waals surface area contributed by atoms with Crippen LogP contribution in [0.1, 0.15) is 19.8 Å². The first-order valence-electron chi connectivity index (χ1n) is 8.90. The van der Waals surface area contributed by atoms with Crippen LogP contribution in [0.3, 0.4) is 0 Å². The maximum atomic E-state index is 12.8. The molecule has 3 heterocycles. The lowest BCUT2D eigenvalue weighted by molar-refractivity contribution is -0.135. The predicted molar refractivity (Wildman–Crippen MR) is 110 cm³/mol. The summed E-state index contributed by atoms with van der Waals surface area (Å²) in [5, 5.41) is 5.24. The summed E-state index contributed by atoms with van der Waals surface area (Å²) in [5.41, 5.74) is 1.48. The van der Waals surface area contributed by atoms with E-state index in [9.17, 15) is 9.59 Å². The van der Waals surface area contributed by atoms with Crippen molar-refractivity contribution in [3.05, 3.63) is 23.6 Å². The summed E-state index contributed by atoms with van der Waals surface area (Å²) in [6.07, 6.45) is 1.29. The van der Waals surface area contributed by atoms with Crippen LogP contribution < -0.4 is 14.8 Å². The normalized spacial score (nSPS) is 23.6. The number of ether oxygens (including phenoxy) is 2. The zero-order valence-electron chi connectivity index (χ0n) is 15.9. The molecule has 1 aromatic carbocycles.